The molecular formula is C14H19N3O3. The van der Waals surface area contributed by atoms with E-state index in [0.717, 1.165) is 12.8 Å². The molecule has 0 bridgehead atoms. The minimum atomic E-state index is -0.371. The maximum atomic E-state index is 12.6. The SMILES string of the molecule is CCOC(=O)CN(C(=O)c1cc(C)nnc1C)C1CC1. The average Bonchev–Trinajstić information content (AvgIpc) is 3.23. The first-order chi connectivity index (χ1) is 9.52. The molecular weight excluding hydrogens is 258 g/mol. The van der Waals surface area contributed by atoms with Crippen LogP contribution in [0.4, 0.5) is 0 Å². The molecule has 20 heavy (non-hydrogen) atoms. The first kappa shape index (κ1) is 14.4. The molecule has 1 fully saturated rings. The molecule has 0 radical (unpaired) electrons. The van der Waals surface area contributed by atoms with Crippen molar-refractivity contribution in [3.8, 4) is 0 Å². The van der Waals surface area contributed by atoms with Gasteiger partial charge in [-0.15, -0.1) is 0 Å². The molecule has 0 spiro atoms. The topological polar surface area (TPSA) is 72.4 Å². The smallest absolute Gasteiger partial charge is 0.325 e. The summed E-state index contributed by atoms with van der Waals surface area (Å²) in [5, 5.41) is 7.88. The zero-order valence-electron chi connectivity index (χ0n) is 12.0. The van der Waals surface area contributed by atoms with Crippen molar-refractivity contribution in [3.05, 3.63) is 23.0 Å². The lowest BCUT2D eigenvalue weighted by atomic mass is 10.1. The van der Waals surface area contributed by atoms with Gasteiger partial charge in [-0.25, -0.2) is 0 Å². The number of aromatic nitrogens is 2. The summed E-state index contributed by atoms with van der Waals surface area (Å²) < 4.78 is 4.93. The van der Waals surface area contributed by atoms with Crippen LogP contribution in [-0.4, -0.2) is 46.2 Å². The Hall–Kier alpha value is -1.98. The molecule has 108 valence electrons. The number of aryl methyl sites for hydroxylation is 2. The summed E-state index contributed by atoms with van der Waals surface area (Å²) in [4.78, 5) is 25.8. The Balaban J connectivity index is 2.18. The van der Waals surface area contributed by atoms with Gasteiger partial charge in [0.1, 0.15) is 6.54 Å². The fraction of sp³-hybridized carbons (Fsp3) is 0.571. The van der Waals surface area contributed by atoms with Gasteiger partial charge in [0.2, 0.25) is 0 Å². The lowest BCUT2D eigenvalue weighted by molar-refractivity contribution is -0.144. The first-order valence-corrected chi connectivity index (χ1v) is 6.80. The molecule has 6 heteroatoms. The van der Waals surface area contributed by atoms with Crippen LogP contribution in [0.3, 0.4) is 0 Å². The predicted molar refractivity (Wildman–Crippen MR) is 72.2 cm³/mol. The molecule has 1 amide bonds. The number of carbonyl (C=O) groups excluding carboxylic acids is 2. The second-order valence-electron chi connectivity index (χ2n) is 4.95. The molecule has 1 saturated carbocycles. The third kappa shape index (κ3) is 3.31. The Morgan fingerprint density at radius 2 is 2.05 bits per heavy atom. The zero-order valence-corrected chi connectivity index (χ0v) is 12.0. The lowest BCUT2D eigenvalue weighted by Crippen LogP contribution is -2.38. The fourth-order valence-electron chi connectivity index (χ4n) is 2.02. The number of rotatable bonds is 5. The molecule has 0 N–H and O–H groups in total. The van der Waals surface area contributed by atoms with E-state index in [-0.39, 0.29) is 24.5 Å². The number of hydrogen-bond donors (Lipinski definition) is 0. The third-order valence-corrected chi connectivity index (χ3v) is 3.18. The van der Waals surface area contributed by atoms with Gasteiger partial charge in [-0.2, -0.15) is 10.2 Å². The van der Waals surface area contributed by atoms with Crippen molar-refractivity contribution in [1.29, 1.82) is 0 Å². The minimum absolute atomic E-state index is 0.00183. The molecule has 0 saturated heterocycles. The van der Waals surface area contributed by atoms with Gasteiger partial charge in [0.05, 0.1) is 23.6 Å². The molecule has 0 aromatic carbocycles. The van der Waals surface area contributed by atoms with Crippen LogP contribution in [0.25, 0.3) is 0 Å². The number of ether oxygens (including phenoxy) is 1. The minimum Gasteiger partial charge on any atom is -0.465 e. The standard InChI is InChI=1S/C14H19N3O3/c1-4-20-13(18)8-17(11-5-6-11)14(19)12-7-9(2)15-16-10(12)3/h7,11H,4-6,8H2,1-3H3. The van der Waals surface area contributed by atoms with Gasteiger partial charge in [-0.3, -0.25) is 9.59 Å². The number of carbonyl (C=O) groups is 2. The third-order valence-electron chi connectivity index (χ3n) is 3.18. The van der Waals surface area contributed by atoms with Crippen LogP contribution in [0.1, 0.15) is 41.5 Å². The number of amides is 1. The Morgan fingerprint density at radius 1 is 1.35 bits per heavy atom. The van der Waals surface area contributed by atoms with Crippen molar-refractivity contribution in [2.24, 2.45) is 0 Å². The summed E-state index contributed by atoms with van der Waals surface area (Å²) in [5.41, 5.74) is 1.77. The molecule has 2 rings (SSSR count). The summed E-state index contributed by atoms with van der Waals surface area (Å²) in [7, 11) is 0. The van der Waals surface area contributed by atoms with Gasteiger partial charge in [0.25, 0.3) is 5.91 Å². The van der Waals surface area contributed by atoms with Crippen LogP contribution in [0.2, 0.25) is 0 Å². The molecule has 1 heterocycles. The molecule has 0 atom stereocenters. The van der Waals surface area contributed by atoms with Crippen molar-refractivity contribution in [2.45, 2.75) is 39.7 Å². The fourth-order valence-corrected chi connectivity index (χ4v) is 2.02. The number of nitrogens with zero attached hydrogens (tertiary/aromatic N) is 3. The second-order valence-corrected chi connectivity index (χ2v) is 4.95. The van der Waals surface area contributed by atoms with Crippen LogP contribution < -0.4 is 0 Å². The average molecular weight is 277 g/mol. The van der Waals surface area contributed by atoms with E-state index in [1.807, 2.05) is 0 Å². The maximum Gasteiger partial charge on any atom is 0.325 e. The van der Waals surface area contributed by atoms with E-state index < -0.39 is 0 Å². The van der Waals surface area contributed by atoms with Crippen LogP contribution in [-0.2, 0) is 9.53 Å². The summed E-state index contributed by atoms with van der Waals surface area (Å²) in [6, 6.07) is 1.85. The van der Waals surface area contributed by atoms with Gasteiger partial charge in [-0.05, 0) is 39.7 Å². The quantitative estimate of drug-likeness (QED) is 0.758. The van der Waals surface area contributed by atoms with E-state index >= 15 is 0 Å². The molecule has 6 nitrogen and oxygen atoms in total. The highest BCUT2D eigenvalue weighted by molar-refractivity contribution is 5.97. The van der Waals surface area contributed by atoms with Gasteiger partial charge < -0.3 is 9.64 Å². The van der Waals surface area contributed by atoms with Crippen LogP contribution >= 0.6 is 0 Å². The normalized spacial score (nSPS) is 13.9. The monoisotopic (exact) mass is 277 g/mol. The molecule has 1 aromatic rings. The Labute approximate surface area is 118 Å². The first-order valence-electron chi connectivity index (χ1n) is 6.80. The van der Waals surface area contributed by atoms with Crippen molar-refractivity contribution >= 4 is 11.9 Å². The summed E-state index contributed by atoms with van der Waals surface area (Å²) in [6.45, 7) is 5.60. The van der Waals surface area contributed by atoms with Crippen LogP contribution in [0.15, 0.2) is 6.07 Å². The van der Waals surface area contributed by atoms with E-state index in [2.05, 4.69) is 10.2 Å². The Kier molecular flexibility index (Phi) is 4.32. The van der Waals surface area contributed by atoms with Crippen LogP contribution in [0.5, 0.6) is 0 Å². The molecule has 0 aliphatic heterocycles. The van der Waals surface area contributed by atoms with Gasteiger partial charge in [0, 0.05) is 6.04 Å². The highest BCUT2D eigenvalue weighted by atomic mass is 16.5. The van der Waals surface area contributed by atoms with Crippen molar-refractivity contribution in [3.63, 3.8) is 0 Å². The van der Waals surface area contributed by atoms with E-state index in [1.54, 1.807) is 31.7 Å². The van der Waals surface area contributed by atoms with E-state index in [0.29, 0.717) is 23.6 Å². The molecule has 1 aliphatic rings. The van der Waals surface area contributed by atoms with Gasteiger partial charge in [-0.1, -0.05) is 0 Å². The second kappa shape index (κ2) is 5.98. The van der Waals surface area contributed by atoms with Gasteiger partial charge >= 0.3 is 5.97 Å². The lowest BCUT2D eigenvalue weighted by Gasteiger charge is -2.22. The number of hydrogen-bond acceptors (Lipinski definition) is 5. The highest BCUT2D eigenvalue weighted by Gasteiger charge is 2.35. The predicted octanol–water partition coefficient (Wildman–Crippen LogP) is 1.26. The number of esters is 1. The summed E-state index contributed by atoms with van der Waals surface area (Å²) >= 11 is 0. The van der Waals surface area contributed by atoms with Crippen LogP contribution in [0, 0.1) is 13.8 Å². The largest absolute Gasteiger partial charge is 0.465 e. The van der Waals surface area contributed by atoms with Crippen molar-refractivity contribution < 1.29 is 14.3 Å². The maximum absolute atomic E-state index is 12.6. The van der Waals surface area contributed by atoms with E-state index in [9.17, 15) is 9.59 Å². The molecule has 0 unspecified atom stereocenters. The zero-order chi connectivity index (χ0) is 14.7. The van der Waals surface area contributed by atoms with Crippen molar-refractivity contribution in [2.75, 3.05) is 13.2 Å². The highest BCUT2D eigenvalue weighted by Crippen LogP contribution is 2.28. The Bertz CT molecular complexity index is 526. The Morgan fingerprint density at radius 3 is 2.65 bits per heavy atom. The van der Waals surface area contributed by atoms with Gasteiger partial charge in [0.15, 0.2) is 0 Å². The van der Waals surface area contributed by atoms with E-state index in [1.165, 1.54) is 0 Å². The summed E-state index contributed by atoms with van der Waals surface area (Å²) in [6.07, 6.45) is 1.86. The molecule has 1 aliphatic carbocycles. The van der Waals surface area contributed by atoms with E-state index in [4.69, 9.17) is 4.74 Å². The summed E-state index contributed by atoms with van der Waals surface area (Å²) in [5.74, 6) is -0.541. The van der Waals surface area contributed by atoms with Crippen molar-refractivity contribution in [1.82, 2.24) is 15.1 Å². The molecule has 1 aromatic heterocycles.